The van der Waals surface area contributed by atoms with Crippen LogP contribution in [0, 0.1) is 25.5 Å². The van der Waals surface area contributed by atoms with Gasteiger partial charge in [0.15, 0.2) is 0 Å². The van der Waals surface area contributed by atoms with Gasteiger partial charge in [-0.2, -0.15) is 0 Å². The number of hydrogen-bond acceptors (Lipinski definition) is 3. The highest BCUT2D eigenvalue weighted by Crippen LogP contribution is 2.24. The second-order valence-corrected chi connectivity index (χ2v) is 5.65. The number of carbonyl (C=O) groups is 1. The lowest BCUT2D eigenvalue weighted by molar-refractivity contribution is 0.0939. The van der Waals surface area contributed by atoms with Crippen molar-refractivity contribution < 1.29 is 18.0 Å². The molecule has 0 aliphatic carbocycles. The summed E-state index contributed by atoms with van der Waals surface area (Å²) >= 11 is 0. The normalized spacial score (nSPS) is 12.5. The third kappa shape index (κ3) is 3.76. The Morgan fingerprint density at radius 2 is 1.87 bits per heavy atom. The summed E-state index contributed by atoms with van der Waals surface area (Å²) in [5, 5.41) is 2.71. The number of nitrogens with zero attached hydrogens (tertiary/aromatic N) is 1. The van der Waals surface area contributed by atoms with E-state index >= 15 is 0 Å². The number of benzene rings is 1. The van der Waals surface area contributed by atoms with E-state index in [1.165, 1.54) is 18.2 Å². The number of halogens is 2. The molecule has 0 saturated carbocycles. The minimum Gasteiger partial charge on any atom is -0.466 e. The molecule has 0 radical (unpaired) electrons. The maximum Gasteiger partial charge on any atom is 0.254 e. The molecule has 1 unspecified atom stereocenters. The Morgan fingerprint density at radius 3 is 2.35 bits per heavy atom. The highest BCUT2D eigenvalue weighted by molar-refractivity contribution is 5.95. The molecule has 0 aliphatic rings. The van der Waals surface area contributed by atoms with Crippen LogP contribution < -0.4 is 5.32 Å². The predicted molar refractivity (Wildman–Crippen MR) is 83.3 cm³/mol. The molecule has 1 aromatic carbocycles. The number of furan rings is 1. The van der Waals surface area contributed by atoms with Crippen LogP contribution in [0.15, 0.2) is 28.7 Å². The minimum absolute atomic E-state index is 0.0575. The molecule has 0 fully saturated rings. The van der Waals surface area contributed by atoms with Crippen molar-refractivity contribution >= 4 is 5.91 Å². The smallest absolute Gasteiger partial charge is 0.254 e. The Bertz CT molecular complexity index is 690. The Morgan fingerprint density at radius 1 is 1.26 bits per heavy atom. The number of hydrogen-bond donors (Lipinski definition) is 1. The third-order valence-corrected chi connectivity index (χ3v) is 3.70. The van der Waals surface area contributed by atoms with Crippen LogP contribution in [0.25, 0.3) is 0 Å². The van der Waals surface area contributed by atoms with Crippen LogP contribution in [0.5, 0.6) is 0 Å². The van der Waals surface area contributed by atoms with Gasteiger partial charge < -0.3 is 14.6 Å². The van der Waals surface area contributed by atoms with E-state index < -0.39 is 17.7 Å². The summed E-state index contributed by atoms with van der Waals surface area (Å²) in [6.45, 7) is 3.52. The van der Waals surface area contributed by atoms with Crippen LogP contribution in [0.3, 0.4) is 0 Å². The topological polar surface area (TPSA) is 45.5 Å². The quantitative estimate of drug-likeness (QED) is 0.919. The van der Waals surface area contributed by atoms with Crippen LogP contribution in [-0.4, -0.2) is 31.4 Å². The van der Waals surface area contributed by atoms with Gasteiger partial charge in [0.2, 0.25) is 0 Å². The molecule has 1 N–H and O–H groups in total. The van der Waals surface area contributed by atoms with Crippen LogP contribution in [-0.2, 0) is 0 Å². The molecule has 1 aromatic heterocycles. The average molecular weight is 322 g/mol. The summed E-state index contributed by atoms with van der Waals surface area (Å²) in [5.74, 6) is -0.444. The van der Waals surface area contributed by atoms with E-state index in [1.807, 2.05) is 0 Å². The first-order valence-corrected chi connectivity index (χ1v) is 7.26. The summed E-state index contributed by atoms with van der Waals surface area (Å²) in [6, 6.07) is 4.75. The van der Waals surface area contributed by atoms with Crippen molar-refractivity contribution in [1.29, 1.82) is 0 Å². The minimum atomic E-state index is -0.631. The van der Waals surface area contributed by atoms with Gasteiger partial charge in [0.05, 0.1) is 11.6 Å². The Kier molecular flexibility index (Phi) is 5.15. The monoisotopic (exact) mass is 322 g/mol. The second-order valence-electron chi connectivity index (χ2n) is 5.65. The van der Waals surface area contributed by atoms with Gasteiger partial charge in [-0.25, -0.2) is 8.78 Å². The molecule has 2 aromatic rings. The number of aryl methyl sites for hydroxylation is 2. The standard InChI is InChI=1S/C17H20F2N2O2/c1-10-8-12(11(2)23-10)17(22)20-9-15(21(3)4)16-13(18)6-5-7-14(16)19/h5-8,15H,9H2,1-4H3,(H,20,22). The van der Waals surface area contributed by atoms with Gasteiger partial charge in [-0.1, -0.05) is 6.07 Å². The van der Waals surface area contributed by atoms with E-state index in [0.29, 0.717) is 17.1 Å². The fraction of sp³-hybridized carbons (Fsp3) is 0.353. The molecule has 0 spiro atoms. The molecule has 0 bridgehead atoms. The first-order chi connectivity index (χ1) is 10.8. The fourth-order valence-corrected chi connectivity index (χ4v) is 2.51. The predicted octanol–water partition coefficient (Wildman–Crippen LogP) is 3.21. The number of amides is 1. The van der Waals surface area contributed by atoms with E-state index in [9.17, 15) is 13.6 Å². The van der Waals surface area contributed by atoms with Gasteiger partial charge in [0, 0.05) is 12.1 Å². The molecular weight excluding hydrogens is 302 g/mol. The molecule has 23 heavy (non-hydrogen) atoms. The lowest BCUT2D eigenvalue weighted by Crippen LogP contribution is -2.35. The van der Waals surface area contributed by atoms with E-state index in [0.717, 1.165) is 0 Å². The maximum absolute atomic E-state index is 14.0. The Labute approximate surface area is 134 Å². The van der Waals surface area contributed by atoms with Crippen LogP contribution in [0.2, 0.25) is 0 Å². The summed E-state index contributed by atoms with van der Waals surface area (Å²) < 4.78 is 33.3. The van der Waals surface area contributed by atoms with Crippen molar-refractivity contribution in [3.05, 3.63) is 58.5 Å². The van der Waals surface area contributed by atoms with Gasteiger partial charge in [-0.3, -0.25) is 4.79 Å². The lowest BCUT2D eigenvalue weighted by Gasteiger charge is -2.25. The summed E-state index contributed by atoms with van der Waals surface area (Å²) in [4.78, 5) is 13.9. The van der Waals surface area contributed by atoms with Crippen molar-refractivity contribution in [2.45, 2.75) is 19.9 Å². The number of carbonyl (C=O) groups excluding carboxylic acids is 1. The van der Waals surface area contributed by atoms with Crippen molar-refractivity contribution in [2.24, 2.45) is 0 Å². The van der Waals surface area contributed by atoms with E-state index in [4.69, 9.17) is 4.42 Å². The Hall–Kier alpha value is -2.21. The first kappa shape index (κ1) is 17.1. The van der Waals surface area contributed by atoms with Gasteiger partial charge in [0.1, 0.15) is 23.2 Å². The largest absolute Gasteiger partial charge is 0.466 e. The molecule has 4 nitrogen and oxygen atoms in total. The van der Waals surface area contributed by atoms with Crippen molar-refractivity contribution in [3.8, 4) is 0 Å². The Balaban J connectivity index is 2.18. The molecule has 0 saturated heterocycles. The first-order valence-electron chi connectivity index (χ1n) is 7.26. The summed E-state index contributed by atoms with van der Waals surface area (Å²) in [5.41, 5.74) is 0.368. The van der Waals surface area contributed by atoms with Gasteiger partial charge in [-0.15, -0.1) is 0 Å². The van der Waals surface area contributed by atoms with Crippen molar-refractivity contribution in [1.82, 2.24) is 10.2 Å². The molecule has 124 valence electrons. The molecule has 1 atom stereocenters. The van der Waals surface area contributed by atoms with E-state index in [1.54, 1.807) is 38.9 Å². The number of likely N-dealkylation sites (N-methyl/N-ethyl adjacent to an activating group) is 1. The van der Waals surface area contributed by atoms with E-state index in [2.05, 4.69) is 5.32 Å². The maximum atomic E-state index is 14.0. The van der Waals surface area contributed by atoms with Gasteiger partial charge >= 0.3 is 0 Å². The SMILES string of the molecule is Cc1cc(C(=O)NCC(c2c(F)cccc2F)N(C)C)c(C)o1. The molecule has 0 aliphatic heterocycles. The van der Waals surface area contributed by atoms with E-state index in [-0.39, 0.29) is 18.0 Å². The summed E-state index contributed by atoms with van der Waals surface area (Å²) in [7, 11) is 3.41. The molecule has 6 heteroatoms. The zero-order valence-electron chi connectivity index (χ0n) is 13.6. The molecule has 2 rings (SSSR count). The van der Waals surface area contributed by atoms with Crippen molar-refractivity contribution in [2.75, 3.05) is 20.6 Å². The second kappa shape index (κ2) is 6.91. The number of nitrogens with one attached hydrogen (secondary N) is 1. The molecular formula is C17H20F2N2O2. The van der Waals surface area contributed by atoms with Crippen LogP contribution in [0.1, 0.15) is 33.5 Å². The zero-order valence-corrected chi connectivity index (χ0v) is 13.6. The zero-order chi connectivity index (χ0) is 17.1. The van der Waals surface area contributed by atoms with Crippen molar-refractivity contribution in [3.63, 3.8) is 0 Å². The van der Waals surface area contributed by atoms with Crippen LogP contribution in [0.4, 0.5) is 8.78 Å². The third-order valence-electron chi connectivity index (χ3n) is 3.70. The van der Waals surface area contributed by atoms with Crippen LogP contribution >= 0.6 is 0 Å². The highest BCUT2D eigenvalue weighted by atomic mass is 19.1. The number of rotatable bonds is 5. The van der Waals surface area contributed by atoms with Gasteiger partial charge in [-0.05, 0) is 46.1 Å². The lowest BCUT2D eigenvalue weighted by atomic mass is 10.0. The molecule has 1 heterocycles. The molecule has 1 amide bonds. The highest BCUT2D eigenvalue weighted by Gasteiger charge is 2.23. The van der Waals surface area contributed by atoms with Gasteiger partial charge in [0.25, 0.3) is 5.91 Å². The summed E-state index contributed by atoms with van der Waals surface area (Å²) in [6.07, 6.45) is 0. The fourth-order valence-electron chi connectivity index (χ4n) is 2.51. The average Bonchev–Trinajstić information content (AvgIpc) is 2.80.